The van der Waals surface area contributed by atoms with E-state index in [9.17, 15) is 4.79 Å². The van der Waals surface area contributed by atoms with Gasteiger partial charge >= 0.3 is 6.09 Å². The summed E-state index contributed by atoms with van der Waals surface area (Å²) in [6, 6.07) is 20.8. The number of carbonyl (C=O) groups excluding carboxylic acids is 1. The summed E-state index contributed by atoms with van der Waals surface area (Å²) in [5, 5.41) is 5.14. The lowest BCUT2D eigenvalue weighted by Gasteiger charge is -2.38. The van der Waals surface area contributed by atoms with Gasteiger partial charge in [0.1, 0.15) is 23.7 Å². The van der Waals surface area contributed by atoms with E-state index in [1.165, 1.54) is 12.0 Å². The summed E-state index contributed by atoms with van der Waals surface area (Å²) in [5.41, 5.74) is 1.43. The normalized spacial score (nSPS) is 22.2. The van der Waals surface area contributed by atoms with Crippen molar-refractivity contribution in [1.29, 1.82) is 0 Å². The Morgan fingerprint density at radius 3 is 2.19 bits per heavy atom. The highest BCUT2D eigenvalue weighted by Crippen LogP contribution is 2.42. The first-order valence-corrected chi connectivity index (χ1v) is 11.3. The number of fused-ring (bicyclic) bond motifs is 1. The maximum Gasteiger partial charge on any atom is 0.408 e. The highest BCUT2D eigenvalue weighted by molar-refractivity contribution is 5.85. The number of nitrogens with one attached hydrogen (secondary N) is 1. The van der Waals surface area contributed by atoms with Gasteiger partial charge in [0.25, 0.3) is 0 Å². The van der Waals surface area contributed by atoms with Crippen molar-refractivity contribution < 1.29 is 19.0 Å². The van der Waals surface area contributed by atoms with Gasteiger partial charge in [-0.15, -0.1) is 0 Å². The van der Waals surface area contributed by atoms with E-state index in [0.29, 0.717) is 6.61 Å². The molecule has 5 heteroatoms. The first-order chi connectivity index (χ1) is 15.5. The van der Waals surface area contributed by atoms with Crippen LogP contribution in [0.3, 0.4) is 0 Å². The maximum absolute atomic E-state index is 11.6. The largest absolute Gasteiger partial charge is 0.497 e. The molecule has 3 aromatic carbocycles. The predicted octanol–water partition coefficient (Wildman–Crippen LogP) is 6.04. The van der Waals surface area contributed by atoms with E-state index < -0.39 is 5.54 Å². The Morgan fingerprint density at radius 1 is 0.844 bits per heavy atom. The van der Waals surface area contributed by atoms with E-state index in [4.69, 9.17) is 14.2 Å². The fourth-order valence-electron chi connectivity index (χ4n) is 4.99. The van der Waals surface area contributed by atoms with Crippen LogP contribution in [-0.4, -0.2) is 19.8 Å². The number of rotatable bonds is 5. The molecule has 5 rings (SSSR count). The molecule has 0 radical (unpaired) electrons. The molecule has 1 amide bonds. The van der Waals surface area contributed by atoms with Crippen LogP contribution in [0.2, 0.25) is 0 Å². The molecular weight excluding hydrogens is 402 g/mol. The first-order valence-electron chi connectivity index (χ1n) is 11.3. The van der Waals surface area contributed by atoms with E-state index >= 15 is 0 Å². The van der Waals surface area contributed by atoms with Gasteiger partial charge in [0.05, 0.1) is 12.6 Å². The average Bonchev–Trinajstić information content (AvgIpc) is 3.19. The zero-order valence-corrected chi connectivity index (χ0v) is 18.6. The van der Waals surface area contributed by atoms with E-state index in [1.54, 1.807) is 7.11 Å². The number of hydrogen-bond acceptors (Lipinski definition) is 4. The Bertz CT molecular complexity index is 1130. The Morgan fingerprint density at radius 2 is 1.50 bits per heavy atom. The summed E-state index contributed by atoms with van der Waals surface area (Å²) in [4.78, 5) is 11.6. The van der Waals surface area contributed by atoms with Crippen molar-refractivity contribution in [2.45, 2.75) is 50.2 Å². The number of alkyl carbamates (subject to hydrolysis) is 1. The van der Waals surface area contributed by atoms with E-state index in [0.717, 1.165) is 53.5 Å². The quantitative estimate of drug-likeness (QED) is 0.535. The van der Waals surface area contributed by atoms with Crippen LogP contribution >= 0.6 is 0 Å². The molecule has 1 heterocycles. The molecule has 166 valence electrons. The van der Waals surface area contributed by atoms with Crippen molar-refractivity contribution in [2.75, 3.05) is 13.7 Å². The lowest BCUT2D eigenvalue weighted by Crippen LogP contribution is -2.37. The second-order valence-electron chi connectivity index (χ2n) is 9.14. The summed E-state index contributed by atoms with van der Waals surface area (Å²) in [5.74, 6) is 1.74. The predicted molar refractivity (Wildman–Crippen MR) is 124 cm³/mol. The molecule has 32 heavy (non-hydrogen) atoms. The molecule has 1 saturated heterocycles. The monoisotopic (exact) mass is 431 g/mol. The second-order valence-corrected chi connectivity index (χ2v) is 9.14. The molecule has 0 unspecified atom stereocenters. The fourth-order valence-corrected chi connectivity index (χ4v) is 4.99. The third-order valence-electron chi connectivity index (χ3n) is 6.91. The molecule has 1 saturated carbocycles. The van der Waals surface area contributed by atoms with Gasteiger partial charge in [-0.3, -0.25) is 0 Å². The Balaban J connectivity index is 1.45. The van der Waals surface area contributed by atoms with Crippen LogP contribution in [0.4, 0.5) is 4.79 Å². The summed E-state index contributed by atoms with van der Waals surface area (Å²) in [6.07, 6.45) is 5.22. The van der Waals surface area contributed by atoms with Crippen LogP contribution in [0.25, 0.3) is 10.8 Å². The standard InChI is InChI=1S/C27H29NO4/c1-26(18-31-25(29)28-26)22-8-6-20-17-24(11-7-19(20)16-22)32-27(14-4-3-5-15-27)21-9-12-23(30-2)13-10-21/h6-13,16-17H,3-5,14-15,18H2,1-2H3,(H,28,29)/t26-/m0/s1. The van der Waals surface area contributed by atoms with Crippen molar-refractivity contribution in [2.24, 2.45) is 0 Å². The fraction of sp³-hybridized carbons (Fsp3) is 0.370. The topological polar surface area (TPSA) is 56.8 Å². The second kappa shape index (κ2) is 8.05. The molecule has 2 aliphatic rings. The van der Waals surface area contributed by atoms with Crippen LogP contribution in [0.1, 0.15) is 50.2 Å². The van der Waals surface area contributed by atoms with Gasteiger partial charge in [0, 0.05) is 0 Å². The van der Waals surface area contributed by atoms with Gasteiger partial charge in [-0.05, 0) is 84.8 Å². The number of hydrogen-bond donors (Lipinski definition) is 1. The lowest BCUT2D eigenvalue weighted by molar-refractivity contribution is 0.0264. The minimum absolute atomic E-state index is 0.308. The van der Waals surface area contributed by atoms with Crippen LogP contribution in [0.5, 0.6) is 11.5 Å². The van der Waals surface area contributed by atoms with Crippen molar-refractivity contribution >= 4 is 16.9 Å². The summed E-state index contributed by atoms with van der Waals surface area (Å²) in [6.45, 7) is 2.32. The Kier molecular flexibility index (Phi) is 5.20. The summed E-state index contributed by atoms with van der Waals surface area (Å²) >= 11 is 0. The van der Waals surface area contributed by atoms with Crippen LogP contribution < -0.4 is 14.8 Å². The molecule has 0 bridgehead atoms. The Hall–Kier alpha value is -3.21. The highest BCUT2D eigenvalue weighted by atomic mass is 16.6. The zero-order chi connectivity index (χ0) is 22.2. The van der Waals surface area contributed by atoms with Crippen molar-refractivity contribution in [3.8, 4) is 11.5 Å². The van der Waals surface area contributed by atoms with Gasteiger partial charge < -0.3 is 19.5 Å². The Labute approximate surface area is 188 Å². The van der Waals surface area contributed by atoms with E-state index in [1.807, 2.05) is 19.1 Å². The number of cyclic esters (lactones) is 1. The molecule has 1 aliphatic heterocycles. The smallest absolute Gasteiger partial charge is 0.408 e. The highest BCUT2D eigenvalue weighted by Gasteiger charge is 2.37. The molecule has 1 aliphatic carbocycles. The van der Waals surface area contributed by atoms with Gasteiger partial charge in [-0.25, -0.2) is 4.79 Å². The van der Waals surface area contributed by atoms with E-state index in [2.05, 4.69) is 53.8 Å². The van der Waals surface area contributed by atoms with E-state index in [-0.39, 0.29) is 11.7 Å². The van der Waals surface area contributed by atoms with Gasteiger partial charge in [-0.1, -0.05) is 36.8 Å². The molecule has 0 spiro atoms. The van der Waals surface area contributed by atoms with Crippen molar-refractivity contribution in [1.82, 2.24) is 5.32 Å². The minimum Gasteiger partial charge on any atom is -0.497 e. The number of amides is 1. The van der Waals surface area contributed by atoms with Crippen LogP contribution in [-0.2, 0) is 15.9 Å². The average molecular weight is 432 g/mol. The third kappa shape index (κ3) is 3.77. The number of methoxy groups -OCH3 is 1. The molecule has 0 aromatic heterocycles. The summed E-state index contributed by atoms with van der Waals surface area (Å²) in [7, 11) is 1.69. The van der Waals surface area contributed by atoms with Gasteiger partial charge in [0.2, 0.25) is 0 Å². The van der Waals surface area contributed by atoms with Crippen LogP contribution in [0.15, 0.2) is 60.7 Å². The van der Waals surface area contributed by atoms with Crippen molar-refractivity contribution in [3.05, 3.63) is 71.8 Å². The summed E-state index contributed by atoms with van der Waals surface area (Å²) < 4.78 is 17.2. The molecule has 5 nitrogen and oxygen atoms in total. The molecule has 1 atom stereocenters. The number of ether oxygens (including phenoxy) is 3. The molecular formula is C27H29NO4. The van der Waals surface area contributed by atoms with Crippen molar-refractivity contribution in [3.63, 3.8) is 0 Å². The van der Waals surface area contributed by atoms with Gasteiger partial charge in [-0.2, -0.15) is 0 Å². The molecule has 1 N–H and O–H groups in total. The third-order valence-corrected chi connectivity index (χ3v) is 6.91. The minimum atomic E-state index is -0.499. The first kappa shape index (κ1) is 20.7. The van der Waals surface area contributed by atoms with Gasteiger partial charge in [0.15, 0.2) is 0 Å². The van der Waals surface area contributed by atoms with Crippen LogP contribution in [0, 0.1) is 0 Å². The number of carbonyl (C=O) groups is 1. The SMILES string of the molecule is COc1ccc(C2(Oc3ccc4cc([C@]5(C)COC(=O)N5)ccc4c3)CCCCC2)cc1. The zero-order valence-electron chi connectivity index (χ0n) is 18.6. The molecule has 3 aromatic rings. The maximum atomic E-state index is 11.6. The lowest BCUT2D eigenvalue weighted by atomic mass is 9.79. The molecule has 2 fully saturated rings. The number of benzene rings is 3.